The molecule has 0 unspecified atom stereocenters. The van der Waals surface area contributed by atoms with Crippen LogP contribution in [0.3, 0.4) is 0 Å². The molecule has 19 heavy (non-hydrogen) atoms. The van der Waals surface area contributed by atoms with E-state index in [1.165, 1.54) is 0 Å². The Kier molecular flexibility index (Phi) is 2.56. The van der Waals surface area contributed by atoms with Gasteiger partial charge in [-0.2, -0.15) is 0 Å². The van der Waals surface area contributed by atoms with Gasteiger partial charge in [-0.1, -0.05) is 29.8 Å². The van der Waals surface area contributed by atoms with Gasteiger partial charge in [0.15, 0.2) is 0 Å². The van der Waals surface area contributed by atoms with Crippen LogP contribution in [0.5, 0.6) is 0 Å². The fourth-order valence-corrected chi connectivity index (χ4v) is 2.04. The molecular weight excluding hydrogens is 242 g/mol. The van der Waals surface area contributed by atoms with Crippen LogP contribution in [0.2, 0.25) is 0 Å². The Balaban J connectivity index is 2.44. The second-order valence-electron chi connectivity index (χ2n) is 4.34. The van der Waals surface area contributed by atoms with Gasteiger partial charge < -0.3 is 4.42 Å². The lowest BCUT2D eigenvalue weighted by atomic mass is 10.2. The summed E-state index contributed by atoms with van der Waals surface area (Å²) >= 11 is 0. The summed E-state index contributed by atoms with van der Waals surface area (Å²) in [7, 11) is 0. The van der Waals surface area contributed by atoms with E-state index >= 15 is 0 Å². The van der Waals surface area contributed by atoms with E-state index in [0.29, 0.717) is 16.7 Å². The maximum absolute atomic E-state index is 12.4. The smallest absolute Gasteiger partial charge is 0.409 e. The van der Waals surface area contributed by atoms with Crippen LogP contribution in [-0.4, -0.2) is 4.57 Å². The number of hydrogen-bond acceptors (Lipinski definition) is 3. The first-order valence-electron chi connectivity index (χ1n) is 5.89. The molecule has 0 N–H and O–H groups in total. The van der Waals surface area contributed by atoms with Crippen molar-refractivity contribution in [2.45, 2.75) is 6.92 Å². The molecule has 0 amide bonds. The minimum absolute atomic E-state index is 0.313. The Hall–Kier alpha value is -2.62. The number of fused-ring (bicyclic) bond motifs is 1. The summed E-state index contributed by atoms with van der Waals surface area (Å²) in [6, 6.07) is 13.9. The molecule has 94 valence electrons. The fourth-order valence-electron chi connectivity index (χ4n) is 2.04. The predicted octanol–water partition coefficient (Wildman–Crippen LogP) is 2.25. The maximum Gasteiger partial charge on any atom is 0.426 e. The molecule has 0 bridgehead atoms. The van der Waals surface area contributed by atoms with Crippen LogP contribution in [0, 0.1) is 6.92 Å². The minimum Gasteiger partial charge on any atom is -0.409 e. The summed E-state index contributed by atoms with van der Waals surface area (Å²) < 4.78 is 6.23. The summed E-state index contributed by atoms with van der Waals surface area (Å²) in [5.74, 6) is -0.674. The molecule has 0 aliphatic rings. The molecule has 3 rings (SSSR count). The van der Waals surface area contributed by atoms with Crippen molar-refractivity contribution in [2.24, 2.45) is 0 Å². The molecule has 0 atom stereocenters. The van der Waals surface area contributed by atoms with E-state index in [1.807, 2.05) is 13.0 Å². The molecule has 0 saturated carbocycles. The van der Waals surface area contributed by atoms with Crippen molar-refractivity contribution in [2.75, 3.05) is 0 Å². The van der Waals surface area contributed by atoms with E-state index in [2.05, 4.69) is 0 Å². The van der Waals surface area contributed by atoms with Crippen LogP contribution in [-0.2, 0) is 0 Å². The van der Waals surface area contributed by atoms with Gasteiger partial charge in [-0.3, -0.25) is 4.79 Å². The maximum atomic E-state index is 12.4. The molecule has 0 spiro atoms. The van der Waals surface area contributed by atoms with Gasteiger partial charge in [0.05, 0.1) is 11.1 Å². The number of para-hydroxylation sites is 1. The van der Waals surface area contributed by atoms with Gasteiger partial charge in [-0.15, -0.1) is 0 Å². The van der Waals surface area contributed by atoms with Crippen molar-refractivity contribution in [3.05, 3.63) is 75.0 Å². The van der Waals surface area contributed by atoms with Crippen LogP contribution in [0.25, 0.3) is 16.7 Å². The van der Waals surface area contributed by atoms with Crippen molar-refractivity contribution in [1.82, 2.24) is 4.57 Å². The third kappa shape index (κ3) is 1.87. The summed E-state index contributed by atoms with van der Waals surface area (Å²) in [4.78, 5) is 24.3. The molecule has 0 aliphatic heterocycles. The van der Waals surface area contributed by atoms with Gasteiger partial charge >= 0.3 is 5.76 Å². The van der Waals surface area contributed by atoms with E-state index in [1.54, 1.807) is 42.5 Å². The van der Waals surface area contributed by atoms with Crippen LogP contribution < -0.4 is 11.3 Å². The van der Waals surface area contributed by atoms with Gasteiger partial charge in [-0.25, -0.2) is 9.36 Å². The molecule has 1 heterocycles. The average Bonchev–Trinajstić information content (AvgIpc) is 2.41. The quantitative estimate of drug-likeness (QED) is 0.668. The molecular formula is C15H11NO3. The molecule has 2 aromatic carbocycles. The standard InChI is InChI=1S/C15H11NO3/c1-10-7-8-13-12(9-10)14(17)16(15(18)19-13)11-5-3-2-4-6-11/h2-9H,1H3. The highest BCUT2D eigenvalue weighted by molar-refractivity contribution is 5.76. The molecule has 4 nitrogen and oxygen atoms in total. The second kappa shape index (κ2) is 4.24. The number of hydrogen-bond donors (Lipinski definition) is 0. The average molecular weight is 253 g/mol. The van der Waals surface area contributed by atoms with Crippen LogP contribution in [0.4, 0.5) is 0 Å². The second-order valence-corrected chi connectivity index (χ2v) is 4.34. The topological polar surface area (TPSA) is 52.2 Å². The number of aryl methyl sites for hydroxylation is 1. The fraction of sp³-hybridized carbons (Fsp3) is 0.0667. The highest BCUT2D eigenvalue weighted by Gasteiger charge is 2.10. The molecule has 4 heteroatoms. The Labute approximate surface area is 108 Å². The molecule has 0 radical (unpaired) electrons. The van der Waals surface area contributed by atoms with Crippen molar-refractivity contribution in [3.63, 3.8) is 0 Å². The third-order valence-corrected chi connectivity index (χ3v) is 2.96. The van der Waals surface area contributed by atoms with Crippen molar-refractivity contribution >= 4 is 11.0 Å². The first-order chi connectivity index (χ1) is 9.16. The number of rotatable bonds is 1. The normalized spacial score (nSPS) is 10.8. The molecule has 0 saturated heterocycles. The molecule has 1 aromatic heterocycles. The predicted molar refractivity (Wildman–Crippen MR) is 72.8 cm³/mol. The van der Waals surface area contributed by atoms with Crippen molar-refractivity contribution in [1.29, 1.82) is 0 Å². The minimum atomic E-state index is -0.674. The summed E-state index contributed by atoms with van der Waals surface area (Å²) in [5, 5.41) is 0.406. The lowest BCUT2D eigenvalue weighted by Gasteiger charge is -2.05. The monoisotopic (exact) mass is 253 g/mol. The number of aromatic nitrogens is 1. The number of nitrogens with zero attached hydrogens (tertiary/aromatic N) is 1. The zero-order valence-electron chi connectivity index (χ0n) is 10.3. The molecule has 0 fully saturated rings. The summed E-state index contributed by atoms with van der Waals surface area (Å²) in [6.45, 7) is 1.89. The van der Waals surface area contributed by atoms with E-state index < -0.39 is 5.76 Å². The van der Waals surface area contributed by atoms with E-state index in [9.17, 15) is 9.59 Å². The Morgan fingerprint density at radius 2 is 1.74 bits per heavy atom. The Bertz CT molecular complexity index is 860. The van der Waals surface area contributed by atoms with Crippen LogP contribution >= 0.6 is 0 Å². The Morgan fingerprint density at radius 3 is 2.47 bits per heavy atom. The van der Waals surface area contributed by atoms with Crippen LogP contribution in [0.15, 0.2) is 62.5 Å². The largest absolute Gasteiger partial charge is 0.426 e. The SMILES string of the molecule is Cc1ccc2oc(=O)n(-c3ccccc3)c(=O)c2c1. The van der Waals surface area contributed by atoms with Gasteiger partial charge in [0, 0.05) is 0 Å². The first kappa shape index (κ1) is 11.5. The van der Waals surface area contributed by atoms with Gasteiger partial charge in [0.2, 0.25) is 0 Å². The van der Waals surface area contributed by atoms with Gasteiger partial charge in [0.25, 0.3) is 5.56 Å². The Morgan fingerprint density at radius 1 is 1.00 bits per heavy atom. The van der Waals surface area contributed by atoms with E-state index in [0.717, 1.165) is 10.1 Å². The zero-order chi connectivity index (χ0) is 13.4. The first-order valence-corrected chi connectivity index (χ1v) is 5.89. The number of benzene rings is 2. The molecule has 0 aliphatic carbocycles. The van der Waals surface area contributed by atoms with Crippen molar-refractivity contribution in [3.8, 4) is 5.69 Å². The van der Waals surface area contributed by atoms with Gasteiger partial charge in [0.1, 0.15) is 5.58 Å². The summed E-state index contributed by atoms with van der Waals surface area (Å²) in [5.41, 5.74) is 1.40. The highest BCUT2D eigenvalue weighted by Crippen LogP contribution is 2.11. The lowest BCUT2D eigenvalue weighted by molar-refractivity contribution is 0.504. The van der Waals surface area contributed by atoms with Gasteiger partial charge in [-0.05, 0) is 31.2 Å². The van der Waals surface area contributed by atoms with E-state index in [4.69, 9.17) is 4.42 Å². The van der Waals surface area contributed by atoms with Crippen molar-refractivity contribution < 1.29 is 4.42 Å². The molecule has 3 aromatic rings. The third-order valence-electron chi connectivity index (χ3n) is 2.96. The highest BCUT2D eigenvalue weighted by atomic mass is 16.4. The lowest BCUT2D eigenvalue weighted by Crippen LogP contribution is -2.30. The zero-order valence-corrected chi connectivity index (χ0v) is 10.3. The van der Waals surface area contributed by atoms with Crippen LogP contribution in [0.1, 0.15) is 5.56 Å². The van der Waals surface area contributed by atoms with E-state index in [-0.39, 0.29) is 5.56 Å². The summed E-state index contributed by atoms with van der Waals surface area (Å²) in [6.07, 6.45) is 0.